The quantitative estimate of drug-likeness (QED) is 0.651. The van der Waals surface area contributed by atoms with Gasteiger partial charge >= 0.3 is 0 Å². The van der Waals surface area contributed by atoms with Crippen LogP contribution in [0, 0.1) is 0 Å². The average molecular weight is 208 g/mol. The second-order valence-electron chi connectivity index (χ2n) is 4.04. The maximum Gasteiger partial charge on any atom is 0.0568 e. The van der Waals surface area contributed by atoms with Gasteiger partial charge in [0.05, 0.1) is 11.4 Å². The van der Waals surface area contributed by atoms with Crippen LogP contribution in [0.4, 0.5) is 17.1 Å². The summed E-state index contributed by atoms with van der Waals surface area (Å²) >= 11 is 0. The molecule has 0 saturated heterocycles. The van der Waals surface area contributed by atoms with Gasteiger partial charge in [-0.2, -0.15) is 0 Å². The number of anilines is 3. The fourth-order valence-corrected chi connectivity index (χ4v) is 1.13. The van der Waals surface area contributed by atoms with Crippen molar-refractivity contribution in [3.8, 4) is 0 Å². The zero-order valence-electron chi connectivity index (χ0n) is 9.62. The molecule has 0 fully saturated rings. The average Bonchev–Trinajstić information content (AvgIpc) is 2.19. The van der Waals surface area contributed by atoms with Crippen molar-refractivity contribution in [2.24, 2.45) is 0 Å². The van der Waals surface area contributed by atoms with Crippen LogP contribution < -0.4 is 16.8 Å². The fraction of sp³-hybridized carbons (Fsp3) is 0.455. The minimum atomic E-state index is 0.476. The van der Waals surface area contributed by atoms with Crippen LogP contribution >= 0.6 is 0 Å². The van der Waals surface area contributed by atoms with Crippen LogP contribution in [0.5, 0.6) is 0 Å². The van der Waals surface area contributed by atoms with Crippen molar-refractivity contribution >= 4 is 17.1 Å². The van der Waals surface area contributed by atoms with E-state index >= 15 is 0 Å². The van der Waals surface area contributed by atoms with Crippen molar-refractivity contribution < 1.29 is 0 Å². The Balaban J connectivity index is 2.55. The van der Waals surface area contributed by atoms with Crippen LogP contribution in [0.1, 0.15) is 6.92 Å². The summed E-state index contributed by atoms with van der Waals surface area (Å²) in [6.07, 6.45) is 0. The Morgan fingerprint density at radius 3 is 2.47 bits per heavy atom. The van der Waals surface area contributed by atoms with Crippen molar-refractivity contribution in [2.45, 2.75) is 13.0 Å². The molecule has 5 N–H and O–H groups in total. The molecule has 4 heteroatoms. The van der Waals surface area contributed by atoms with E-state index in [4.69, 9.17) is 11.5 Å². The lowest BCUT2D eigenvalue weighted by Gasteiger charge is -2.20. The number of hydrogen-bond donors (Lipinski definition) is 3. The topological polar surface area (TPSA) is 67.3 Å². The van der Waals surface area contributed by atoms with E-state index in [0.29, 0.717) is 17.4 Å². The monoisotopic (exact) mass is 208 g/mol. The molecule has 1 aromatic carbocycles. The first-order valence-electron chi connectivity index (χ1n) is 5.06. The Labute approximate surface area is 91.2 Å². The zero-order valence-corrected chi connectivity index (χ0v) is 9.62. The number of rotatable bonds is 4. The third kappa shape index (κ3) is 3.32. The molecule has 0 amide bonds. The highest BCUT2D eigenvalue weighted by molar-refractivity contribution is 5.69. The highest BCUT2D eigenvalue weighted by Crippen LogP contribution is 2.19. The van der Waals surface area contributed by atoms with Crippen LogP contribution in [0.15, 0.2) is 18.2 Å². The minimum Gasteiger partial charge on any atom is -0.397 e. The maximum atomic E-state index is 5.71. The molecule has 0 saturated carbocycles. The molecule has 1 unspecified atom stereocenters. The molecule has 0 radical (unpaired) electrons. The standard InChI is InChI=1S/C11H20N4/c1-8(15(2)3)7-14-9-4-5-10(12)11(13)6-9/h4-6,8,14H,7,12-13H2,1-3H3. The van der Waals surface area contributed by atoms with E-state index in [0.717, 1.165) is 12.2 Å². The first kappa shape index (κ1) is 11.7. The van der Waals surface area contributed by atoms with Crippen molar-refractivity contribution in [1.82, 2.24) is 4.90 Å². The van der Waals surface area contributed by atoms with Gasteiger partial charge in [-0.15, -0.1) is 0 Å². The molecular weight excluding hydrogens is 188 g/mol. The van der Waals surface area contributed by atoms with Crippen molar-refractivity contribution in [1.29, 1.82) is 0 Å². The highest BCUT2D eigenvalue weighted by atomic mass is 15.1. The molecular formula is C11H20N4. The van der Waals surface area contributed by atoms with Gasteiger partial charge in [-0.05, 0) is 39.2 Å². The van der Waals surface area contributed by atoms with Crippen LogP contribution in [0.3, 0.4) is 0 Å². The number of nitrogens with zero attached hydrogens (tertiary/aromatic N) is 1. The Bertz CT molecular complexity index is 322. The van der Waals surface area contributed by atoms with E-state index in [2.05, 4.69) is 31.2 Å². The third-order valence-electron chi connectivity index (χ3n) is 2.57. The van der Waals surface area contributed by atoms with Gasteiger partial charge in [0.25, 0.3) is 0 Å². The Kier molecular flexibility index (Phi) is 3.80. The smallest absolute Gasteiger partial charge is 0.0568 e. The van der Waals surface area contributed by atoms with Gasteiger partial charge in [-0.25, -0.2) is 0 Å². The summed E-state index contributed by atoms with van der Waals surface area (Å²) in [5, 5.41) is 3.32. The Hall–Kier alpha value is -1.42. The molecule has 1 aromatic rings. The second-order valence-corrected chi connectivity index (χ2v) is 4.04. The molecule has 0 heterocycles. The summed E-state index contributed by atoms with van der Waals surface area (Å²) in [7, 11) is 4.12. The van der Waals surface area contributed by atoms with Gasteiger partial charge in [0.15, 0.2) is 0 Å². The predicted octanol–water partition coefficient (Wildman–Crippen LogP) is 1.21. The van der Waals surface area contributed by atoms with Gasteiger partial charge in [0.2, 0.25) is 0 Å². The van der Waals surface area contributed by atoms with E-state index in [-0.39, 0.29) is 0 Å². The number of nitrogens with one attached hydrogen (secondary N) is 1. The molecule has 0 aliphatic heterocycles. The number of benzene rings is 1. The fourth-order valence-electron chi connectivity index (χ4n) is 1.13. The first-order chi connectivity index (χ1) is 7.00. The van der Waals surface area contributed by atoms with Crippen molar-refractivity contribution in [3.63, 3.8) is 0 Å². The largest absolute Gasteiger partial charge is 0.397 e. The Morgan fingerprint density at radius 2 is 1.93 bits per heavy atom. The summed E-state index contributed by atoms with van der Waals surface area (Å²) in [5.41, 5.74) is 13.6. The van der Waals surface area contributed by atoms with Gasteiger partial charge in [-0.1, -0.05) is 0 Å². The number of nitrogen functional groups attached to an aromatic ring is 2. The lowest BCUT2D eigenvalue weighted by molar-refractivity contribution is 0.326. The normalized spacial score (nSPS) is 12.8. The molecule has 84 valence electrons. The summed E-state index contributed by atoms with van der Waals surface area (Å²) < 4.78 is 0. The first-order valence-corrected chi connectivity index (χ1v) is 5.06. The summed E-state index contributed by atoms with van der Waals surface area (Å²) in [5.74, 6) is 0. The summed E-state index contributed by atoms with van der Waals surface area (Å²) in [4.78, 5) is 2.16. The molecule has 0 aliphatic carbocycles. The SMILES string of the molecule is CC(CNc1ccc(N)c(N)c1)N(C)C. The number of likely N-dealkylation sites (N-methyl/N-ethyl adjacent to an activating group) is 1. The third-order valence-corrected chi connectivity index (χ3v) is 2.57. The van der Waals surface area contributed by atoms with Crippen LogP contribution in [0.2, 0.25) is 0 Å². The summed E-state index contributed by atoms with van der Waals surface area (Å²) in [6.45, 7) is 3.05. The van der Waals surface area contributed by atoms with Gasteiger partial charge in [0.1, 0.15) is 0 Å². The van der Waals surface area contributed by atoms with E-state index in [1.807, 2.05) is 18.2 Å². The highest BCUT2D eigenvalue weighted by Gasteiger charge is 2.04. The number of nitrogens with two attached hydrogens (primary N) is 2. The Morgan fingerprint density at radius 1 is 1.27 bits per heavy atom. The lowest BCUT2D eigenvalue weighted by Crippen LogP contribution is -2.31. The molecule has 15 heavy (non-hydrogen) atoms. The molecule has 0 spiro atoms. The van der Waals surface area contributed by atoms with Crippen molar-refractivity contribution in [3.05, 3.63) is 18.2 Å². The summed E-state index contributed by atoms with van der Waals surface area (Å²) in [6, 6.07) is 6.09. The van der Waals surface area contributed by atoms with Gasteiger partial charge < -0.3 is 21.7 Å². The molecule has 4 nitrogen and oxygen atoms in total. The van der Waals surface area contributed by atoms with Gasteiger partial charge in [-0.3, -0.25) is 0 Å². The molecule has 1 atom stereocenters. The van der Waals surface area contributed by atoms with Crippen LogP contribution in [-0.4, -0.2) is 31.6 Å². The number of hydrogen-bond acceptors (Lipinski definition) is 4. The minimum absolute atomic E-state index is 0.476. The van der Waals surface area contributed by atoms with E-state index in [1.165, 1.54) is 0 Å². The molecule has 1 rings (SSSR count). The van der Waals surface area contributed by atoms with E-state index < -0.39 is 0 Å². The van der Waals surface area contributed by atoms with Crippen LogP contribution in [-0.2, 0) is 0 Å². The predicted molar refractivity (Wildman–Crippen MR) is 66.9 cm³/mol. The lowest BCUT2D eigenvalue weighted by atomic mass is 10.2. The van der Waals surface area contributed by atoms with E-state index in [1.54, 1.807) is 0 Å². The molecule has 0 aromatic heterocycles. The molecule has 0 aliphatic rings. The maximum absolute atomic E-state index is 5.71. The van der Waals surface area contributed by atoms with Gasteiger partial charge in [0, 0.05) is 18.3 Å². The zero-order chi connectivity index (χ0) is 11.4. The van der Waals surface area contributed by atoms with Crippen LogP contribution in [0.25, 0.3) is 0 Å². The van der Waals surface area contributed by atoms with Crippen molar-refractivity contribution in [2.75, 3.05) is 37.4 Å². The second kappa shape index (κ2) is 4.89. The molecule has 0 bridgehead atoms. The van der Waals surface area contributed by atoms with E-state index in [9.17, 15) is 0 Å².